The maximum absolute atomic E-state index is 5.62. The number of H-pyrrole nitrogens is 1. The monoisotopic (exact) mass is 245 g/mol. The predicted molar refractivity (Wildman–Crippen MR) is 72.6 cm³/mol. The first-order chi connectivity index (χ1) is 8.85. The van der Waals surface area contributed by atoms with Crippen LogP contribution in [0.15, 0.2) is 30.5 Å². The van der Waals surface area contributed by atoms with Crippen molar-refractivity contribution in [1.82, 2.24) is 15.3 Å². The normalized spacial score (nSPS) is 10.6. The Balaban J connectivity index is 2.22. The van der Waals surface area contributed by atoms with Crippen molar-refractivity contribution in [3.63, 3.8) is 0 Å². The highest BCUT2D eigenvalue weighted by atomic mass is 16.5. The lowest BCUT2D eigenvalue weighted by Gasteiger charge is -2.07. The Hall–Kier alpha value is -1.81. The van der Waals surface area contributed by atoms with E-state index in [0.717, 1.165) is 35.9 Å². The lowest BCUT2D eigenvalue weighted by atomic mass is 10.1. The number of imidazole rings is 1. The van der Waals surface area contributed by atoms with Crippen molar-refractivity contribution in [1.29, 1.82) is 0 Å². The summed E-state index contributed by atoms with van der Waals surface area (Å²) in [6, 6.07) is 7.99. The first kappa shape index (κ1) is 12.6. The van der Waals surface area contributed by atoms with E-state index in [1.54, 1.807) is 0 Å². The first-order valence-electron chi connectivity index (χ1n) is 6.32. The Labute approximate surface area is 107 Å². The fraction of sp³-hybridized carbons (Fsp3) is 0.357. The Morgan fingerprint density at radius 3 is 2.89 bits per heavy atom. The van der Waals surface area contributed by atoms with Crippen LogP contribution < -0.4 is 10.1 Å². The molecule has 1 aromatic heterocycles. The van der Waals surface area contributed by atoms with Crippen molar-refractivity contribution >= 4 is 0 Å². The maximum atomic E-state index is 5.62. The summed E-state index contributed by atoms with van der Waals surface area (Å²) in [6.45, 7) is 6.42. The number of para-hydroxylation sites is 1. The number of hydrogen-bond acceptors (Lipinski definition) is 3. The van der Waals surface area contributed by atoms with E-state index >= 15 is 0 Å². The maximum Gasteiger partial charge on any atom is 0.128 e. The zero-order chi connectivity index (χ0) is 12.8. The average molecular weight is 245 g/mol. The second kappa shape index (κ2) is 6.21. The summed E-state index contributed by atoms with van der Waals surface area (Å²) in [6.07, 6.45) is 1.85. The van der Waals surface area contributed by atoms with Crippen LogP contribution in [0.3, 0.4) is 0 Å². The average Bonchev–Trinajstić information content (AvgIpc) is 2.86. The van der Waals surface area contributed by atoms with Gasteiger partial charge in [-0.3, -0.25) is 0 Å². The molecule has 0 amide bonds. The fourth-order valence-electron chi connectivity index (χ4n) is 1.80. The third kappa shape index (κ3) is 2.90. The minimum absolute atomic E-state index is 0.662. The van der Waals surface area contributed by atoms with Crippen molar-refractivity contribution in [2.75, 3.05) is 13.2 Å². The van der Waals surface area contributed by atoms with Gasteiger partial charge in [0.25, 0.3) is 0 Å². The number of nitrogens with one attached hydrogen (secondary N) is 2. The van der Waals surface area contributed by atoms with Gasteiger partial charge in [-0.05, 0) is 25.6 Å². The molecule has 2 aromatic rings. The van der Waals surface area contributed by atoms with E-state index in [1.165, 1.54) is 0 Å². The third-order valence-electron chi connectivity index (χ3n) is 2.65. The molecule has 1 heterocycles. The summed E-state index contributed by atoms with van der Waals surface area (Å²) in [7, 11) is 0. The van der Waals surface area contributed by atoms with Gasteiger partial charge in [0.05, 0.1) is 25.0 Å². The van der Waals surface area contributed by atoms with E-state index in [-0.39, 0.29) is 0 Å². The highest BCUT2D eigenvalue weighted by Gasteiger charge is 2.08. The van der Waals surface area contributed by atoms with Gasteiger partial charge in [0.15, 0.2) is 0 Å². The predicted octanol–water partition coefficient (Wildman–Crippen LogP) is 2.58. The number of rotatable bonds is 6. The summed E-state index contributed by atoms with van der Waals surface area (Å²) in [5.74, 6) is 1.83. The van der Waals surface area contributed by atoms with Crippen LogP contribution in [0.25, 0.3) is 11.3 Å². The highest BCUT2D eigenvalue weighted by molar-refractivity contribution is 5.66. The molecule has 0 radical (unpaired) electrons. The van der Waals surface area contributed by atoms with Crippen molar-refractivity contribution in [3.8, 4) is 17.0 Å². The Bertz CT molecular complexity index is 493. The molecule has 0 bridgehead atoms. The van der Waals surface area contributed by atoms with E-state index in [1.807, 2.05) is 37.4 Å². The topological polar surface area (TPSA) is 49.9 Å². The Morgan fingerprint density at radius 2 is 2.11 bits per heavy atom. The standard InChI is InChI=1S/C14H19N3O/c1-3-15-10-14-16-9-12(17-14)11-7-5-6-8-13(11)18-4-2/h5-9,15H,3-4,10H2,1-2H3,(H,16,17). The van der Waals surface area contributed by atoms with E-state index in [9.17, 15) is 0 Å². The smallest absolute Gasteiger partial charge is 0.128 e. The van der Waals surface area contributed by atoms with Crippen molar-refractivity contribution in [2.45, 2.75) is 20.4 Å². The number of ether oxygens (including phenoxy) is 1. The summed E-state index contributed by atoms with van der Waals surface area (Å²) in [5, 5.41) is 3.24. The molecule has 96 valence electrons. The number of nitrogens with zero attached hydrogens (tertiary/aromatic N) is 1. The fourth-order valence-corrected chi connectivity index (χ4v) is 1.80. The molecule has 0 saturated heterocycles. The molecule has 0 aliphatic rings. The van der Waals surface area contributed by atoms with Crippen LogP contribution in [0.2, 0.25) is 0 Å². The minimum Gasteiger partial charge on any atom is -0.493 e. The summed E-state index contributed by atoms with van der Waals surface area (Å²) >= 11 is 0. The van der Waals surface area contributed by atoms with E-state index in [0.29, 0.717) is 6.61 Å². The van der Waals surface area contributed by atoms with Crippen LogP contribution in [0.1, 0.15) is 19.7 Å². The Morgan fingerprint density at radius 1 is 1.28 bits per heavy atom. The molecule has 0 unspecified atom stereocenters. The number of hydrogen-bond donors (Lipinski definition) is 2. The Kier molecular flexibility index (Phi) is 4.36. The molecule has 4 nitrogen and oxygen atoms in total. The molecule has 0 saturated carbocycles. The largest absolute Gasteiger partial charge is 0.493 e. The zero-order valence-electron chi connectivity index (χ0n) is 10.9. The summed E-state index contributed by atoms with van der Waals surface area (Å²) in [5.41, 5.74) is 2.04. The van der Waals surface area contributed by atoms with Gasteiger partial charge in [0.1, 0.15) is 11.6 Å². The van der Waals surface area contributed by atoms with Gasteiger partial charge in [-0.2, -0.15) is 0 Å². The molecule has 18 heavy (non-hydrogen) atoms. The van der Waals surface area contributed by atoms with Gasteiger partial charge in [0, 0.05) is 5.56 Å². The summed E-state index contributed by atoms with van der Waals surface area (Å²) < 4.78 is 5.62. The molecule has 2 rings (SSSR count). The van der Waals surface area contributed by atoms with E-state index < -0.39 is 0 Å². The van der Waals surface area contributed by atoms with Crippen LogP contribution in [0, 0.1) is 0 Å². The molecular weight excluding hydrogens is 226 g/mol. The van der Waals surface area contributed by atoms with Crippen molar-refractivity contribution < 1.29 is 4.74 Å². The molecule has 0 spiro atoms. The zero-order valence-corrected chi connectivity index (χ0v) is 10.9. The SMILES string of the molecule is CCNCc1ncc(-c2ccccc2OCC)[nH]1. The van der Waals surface area contributed by atoms with Crippen LogP contribution in [-0.2, 0) is 6.54 Å². The highest BCUT2D eigenvalue weighted by Crippen LogP contribution is 2.28. The molecule has 1 aromatic carbocycles. The number of benzene rings is 1. The van der Waals surface area contributed by atoms with Gasteiger partial charge in [-0.25, -0.2) is 4.98 Å². The van der Waals surface area contributed by atoms with E-state index in [2.05, 4.69) is 22.2 Å². The number of aromatic nitrogens is 2. The van der Waals surface area contributed by atoms with Crippen molar-refractivity contribution in [3.05, 3.63) is 36.3 Å². The summed E-state index contributed by atoms with van der Waals surface area (Å²) in [4.78, 5) is 7.67. The molecule has 2 N–H and O–H groups in total. The van der Waals surface area contributed by atoms with Crippen LogP contribution in [0.5, 0.6) is 5.75 Å². The number of aromatic amines is 1. The van der Waals surface area contributed by atoms with Crippen LogP contribution >= 0.6 is 0 Å². The lowest BCUT2D eigenvalue weighted by Crippen LogP contribution is -2.12. The molecule has 4 heteroatoms. The lowest BCUT2D eigenvalue weighted by molar-refractivity contribution is 0.341. The third-order valence-corrected chi connectivity index (χ3v) is 2.65. The second-order valence-electron chi connectivity index (χ2n) is 3.95. The minimum atomic E-state index is 0.662. The van der Waals surface area contributed by atoms with Crippen LogP contribution in [-0.4, -0.2) is 23.1 Å². The molecule has 0 atom stereocenters. The van der Waals surface area contributed by atoms with Gasteiger partial charge in [-0.1, -0.05) is 19.1 Å². The van der Waals surface area contributed by atoms with E-state index in [4.69, 9.17) is 4.74 Å². The van der Waals surface area contributed by atoms with Gasteiger partial charge >= 0.3 is 0 Å². The van der Waals surface area contributed by atoms with Gasteiger partial charge < -0.3 is 15.0 Å². The van der Waals surface area contributed by atoms with Gasteiger partial charge in [-0.15, -0.1) is 0 Å². The molecule has 0 aliphatic carbocycles. The first-order valence-corrected chi connectivity index (χ1v) is 6.32. The quantitative estimate of drug-likeness (QED) is 0.822. The van der Waals surface area contributed by atoms with Crippen LogP contribution in [0.4, 0.5) is 0 Å². The van der Waals surface area contributed by atoms with Gasteiger partial charge in [0.2, 0.25) is 0 Å². The second-order valence-corrected chi connectivity index (χ2v) is 3.95. The molecular formula is C14H19N3O. The molecule has 0 aliphatic heterocycles. The molecule has 0 fully saturated rings. The van der Waals surface area contributed by atoms with Crippen molar-refractivity contribution in [2.24, 2.45) is 0 Å².